The Bertz CT molecular complexity index is 942. The molecule has 3 aromatic rings. The van der Waals surface area contributed by atoms with Crippen LogP contribution in [0.25, 0.3) is 16.8 Å². The fourth-order valence-electron chi connectivity index (χ4n) is 2.47. The molecule has 0 N–H and O–H groups in total. The van der Waals surface area contributed by atoms with E-state index in [2.05, 4.69) is 0 Å². The van der Waals surface area contributed by atoms with E-state index in [1.165, 1.54) is 0 Å². The summed E-state index contributed by atoms with van der Waals surface area (Å²) in [6.45, 7) is 1.71. The van der Waals surface area contributed by atoms with Gasteiger partial charge in [-0.25, -0.2) is 8.42 Å². The first-order valence-electron chi connectivity index (χ1n) is 7.53. The van der Waals surface area contributed by atoms with Gasteiger partial charge in [-0.3, -0.25) is 0 Å². The van der Waals surface area contributed by atoms with Gasteiger partial charge < -0.3 is 0 Å². The maximum absolute atomic E-state index is 12.7. The van der Waals surface area contributed by atoms with Gasteiger partial charge in [0.2, 0.25) is 0 Å². The highest BCUT2D eigenvalue weighted by Crippen LogP contribution is 2.23. The molecule has 1 atom stereocenters. The average molecular weight is 322 g/mol. The molecule has 1 unspecified atom stereocenters. The van der Waals surface area contributed by atoms with Gasteiger partial charge in [0, 0.05) is 0 Å². The van der Waals surface area contributed by atoms with Gasteiger partial charge in [-0.05, 0) is 35.4 Å². The minimum atomic E-state index is -3.39. The van der Waals surface area contributed by atoms with Crippen LogP contribution in [0, 0.1) is 0 Å². The second kappa shape index (κ2) is 6.39. The third-order valence-corrected chi connectivity index (χ3v) is 5.95. The van der Waals surface area contributed by atoms with Crippen molar-refractivity contribution in [3.8, 4) is 0 Å². The van der Waals surface area contributed by atoms with Crippen LogP contribution >= 0.6 is 0 Å². The topological polar surface area (TPSA) is 34.1 Å². The van der Waals surface area contributed by atoms with E-state index in [1.807, 2.05) is 66.7 Å². The van der Waals surface area contributed by atoms with Crippen molar-refractivity contribution in [1.29, 1.82) is 0 Å². The first kappa shape index (κ1) is 15.5. The Balaban J connectivity index is 1.91. The predicted octanol–water partition coefficient (Wildman–Crippen LogP) is 4.72. The Hall–Kier alpha value is -2.39. The molecule has 3 aromatic carbocycles. The first-order valence-corrected chi connectivity index (χ1v) is 9.08. The molecule has 0 aliphatic heterocycles. The molecule has 116 valence electrons. The number of hydrogen-bond donors (Lipinski definition) is 0. The molecule has 0 spiro atoms. The van der Waals surface area contributed by atoms with Crippen molar-refractivity contribution < 1.29 is 8.42 Å². The summed E-state index contributed by atoms with van der Waals surface area (Å²) in [5.41, 5.74) is 0.994. The van der Waals surface area contributed by atoms with E-state index >= 15 is 0 Å². The third-order valence-electron chi connectivity index (χ3n) is 3.90. The second-order valence-corrected chi connectivity index (χ2v) is 7.83. The van der Waals surface area contributed by atoms with Crippen LogP contribution < -0.4 is 0 Å². The van der Waals surface area contributed by atoms with E-state index in [4.69, 9.17) is 0 Å². The quantitative estimate of drug-likeness (QED) is 0.697. The summed E-state index contributed by atoms with van der Waals surface area (Å²) >= 11 is 0. The van der Waals surface area contributed by atoms with Crippen LogP contribution in [0.4, 0.5) is 0 Å². The van der Waals surface area contributed by atoms with E-state index < -0.39 is 15.1 Å². The van der Waals surface area contributed by atoms with Gasteiger partial charge in [-0.15, -0.1) is 0 Å². The lowest BCUT2D eigenvalue weighted by Gasteiger charge is -2.10. The van der Waals surface area contributed by atoms with Crippen molar-refractivity contribution in [2.75, 3.05) is 0 Å². The summed E-state index contributed by atoms with van der Waals surface area (Å²) in [5, 5.41) is 1.40. The highest BCUT2D eigenvalue weighted by Gasteiger charge is 2.21. The van der Waals surface area contributed by atoms with Crippen LogP contribution in [0.15, 0.2) is 83.8 Å². The Kier molecular flexibility index (Phi) is 4.30. The third kappa shape index (κ3) is 3.35. The maximum atomic E-state index is 12.7. The van der Waals surface area contributed by atoms with Crippen LogP contribution in [0.1, 0.15) is 12.5 Å². The van der Waals surface area contributed by atoms with Crippen molar-refractivity contribution in [3.63, 3.8) is 0 Å². The van der Waals surface area contributed by atoms with Crippen LogP contribution in [-0.2, 0) is 9.84 Å². The smallest absolute Gasteiger partial charge is 0.184 e. The van der Waals surface area contributed by atoms with Crippen molar-refractivity contribution >= 4 is 26.7 Å². The molecule has 0 aliphatic carbocycles. The summed E-state index contributed by atoms with van der Waals surface area (Å²) < 4.78 is 25.5. The minimum Gasteiger partial charge on any atom is -0.223 e. The van der Waals surface area contributed by atoms with Crippen LogP contribution in [-0.4, -0.2) is 13.7 Å². The normalized spacial score (nSPS) is 13.4. The molecule has 0 radical (unpaired) electrons. The monoisotopic (exact) mass is 322 g/mol. The summed E-state index contributed by atoms with van der Waals surface area (Å²) in [7, 11) is -3.39. The fraction of sp³-hybridized carbons (Fsp3) is 0.100. The molecule has 0 fully saturated rings. The van der Waals surface area contributed by atoms with Crippen molar-refractivity contribution in [3.05, 3.63) is 84.4 Å². The van der Waals surface area contributed by atoms with Gasteiger partial charge in [0.15, 0.2) is 9.84 Å². The number of rotatable bonds is 4. The summed E-state index contributed by atoms with van der Waals surface area (Å²) in [6, 6.07) is 22.8. The standard InChI is InChI=1S/C20H18O2S/c1-16(11-12-17-7-3-2-4-8-17)23(21,22)20-14-13-18-9-5-6-10-19(18)15-20/h2-16H,1H3/b12-11+. The van der Waals surface area contributed by atoms with Crippen LogP contribution in [0.5, 0.6) is 0 Å². The molecule has 0 heterocycles. The molecular weight excluding hydrogens is 304 g/mol. The van der Waals surface area contributed by atoms with Crippen molar-refractivity contribution in [2.45, 2.75) is 17.1 Å². The Morgan fingerprint density at radius 3 is 2.22 bits per heavy atom. The largest absolute Gasteiger partial charge is 0.223 e. The molecule has 0 amide bonds. The summed E-state index contributed by atoms with van der Waals surface area (Å²) in [6.07, 6.45) is 3.59. The fourth-order valence-corrected chi connectivity index (χ4v) is 3.74. The molecule has 3 heteroatoms. The van der Waals surface area contributed by atoms with Gasteiger partial charge in [0.05, 0.1) is 10.1 Å². The zero-order chi connectivity index (χ0) is 16.3. The molecule has 3 rings (SSSR count). The van der Waals surface area contributed by atoms with E-state index in [0.29, 0.717) is 4.90 Å². The maximum Gasteiger partial charge on any atom is 0.184 e. The lowest BCUT2D eigenvalue weighted by molar-refractivity contribution is 0.591. The van der Waals surface area contributed by atoms with Crippen LogP contribution in [0.2, 0.25) is 0 Å². The van der Waals surface area contributed by atoms with Gasteiger partial charge in [0.25, 0.3) is 0 Å². The lowest BCUT2D eigenvalue weighted by atomic mass is 10.1. The van der Waals surface area contributed by atoms with E-state index in [0.717, 1.165) is 16.3 Å². The average Bonchev–Trinajstić information content (AvgIpc) is 2.60. The molecule has 0 saturated heterocycles. The molecule has 0 bridgehead atoms. The molecular formula is C20H18O2S. The molecule has 0 aromatic heterocycles. The minimum absolute atomic E-state index is 0.362. The zero-order valence-corrected chi connectivity index (χ0v) is 13.7. The second-order valence-electron chi connectivity index (χ2n) is 5.53. The van der Waals surface area contributed by atoms with E-state index in [-0.39, 0.29) is 0 Å². The van der Waals surface area contributed by atoms with Gasteiger partial charge in [-0.1, -0.05) is 72.8 Å². The van der Waals surface area contributed by atoms with Gasteiger partial charge in [0.1, 0.15) is 0 Å². The molecule has 23 heavy (non-hydrogen) atoms. The molecule has 0 aliphatic rings. The highest BCUT2D eigenvalue weighted by atomic mass is 32.2. The van der Waals surface area contributed by atoms with Crippen molar-refractivity contribution in [2.24, 2.45) is 0 Å². The van der Waals surface area contributed by atoms with Gasteiger partial charge >= 0.3 is 0 Å². The number of fused-ring (bicyclic) bond motifs is 1. The number of benzene rings is 3. The number of hydrogen-bond acceptors (Lipinski definition) is 2. The Morgan fingerprint density at radius 2 is 1.48 bits per heavy atom. The van der Waals surface area contributed by atoms with Gasteiger partial charge in [-0.2, -0.15) is 0 Å². The molecule has 0 saturated carbocycles. The molecule has 2 nitrogen and oxygen atoms in total. The first-order chi connectivity index (χ1) is 11.1. The zero-order valence-electron chi connectivity index (χ0n) is 12.9. The predicted molar refractivity (Wildman–Crippen MR) is 96.1 cm³/mol. The lowest BCUT2D eigenvalue weighted by Crippen LogP contribution is -2.15. The van der Waals surface area contributed by atoms with Crippen molar-refractivity contribution in [1.82, 2.24) is 0 Å². The SMILES string of the molecule is CC(/C=C/c1ccccc1)S(=O)(=O)c1ccc2ccccc2c1. The Labute approximate surface area is 137 Å². The summed E-state index contributed by atoms with van der Waals surface area (Å²) in [4.78, 5) is 0.362. The van der Waals surface area contributed by atoms with E-state index in [9.17, 15) is 8.42 Å². The highest BCUT2D eigenvalue weighted by molar-refractivity contribution is 7.92. The van der Waals surface area contributed by atoms with Crippen LogP contribution in [0.3, 0.4) is 0 Å². The van der Waals surface area contributed by atoms with E-state index in [1.54, 1.807) is 25.1 Å². The summed E-state index contributed by atoms with van der Waals surface area (Å²) in [5.74, 6) is 0. The number of sulfone groups is 1. The Morgan fingerprint density at radius 1 is 0.826 bits per heavy atom.